The quantitative estimate of drug-likeness (QED) is 0.614. The number of rotatable bonds is 3. The molecule has 1 aliphatic carbocycles. The van der Waals surface area contributed by atoms with Gasteiger partial charge >= 0.3 is 0 Å². The zero-order valence-electron chi connectivity index (χ0n) is 10.3. The topological polar surface area (TPSA) is 0 Å². The van der Waals surface area contributed by atoms with Gasteiger partial charge in [-0.2, -0.15) is 0 Å². The second-order valence-electron chi connectivity index (χ2n) is 5.09. The molecule has 0 aromatic heterocycles. The fourth-order valence-electron chi connectivity index (χ4n) is 1.99. The molecular formula is C14H24. The van der Waals surface area contributed by atoms with Crippen LogP contribution in [0.4, 0.5) is 0 Å². The largest absolute Gasteiger partial charge is 0.0774 e. The molecule has 0 aromatic rings. The molecule has 0 N–H and O–H groups in total. The SMILES string of the molecule is CCC1=CC(C(C)C)=CC(C(C)C)C1. The lowest BCUT2D eigenvalue weighted by Crippen LogP contribution is -2.12. The predicted octanol–water partition coefficient (Wildman–Crippen LogP) is 4.58. The van der Waals surface area contributed by atoms with Crippen molar-refractivity contribution in [3.8, 4) is 0 Å². The third kappa shape index (κ3) is 2.73. The minimum atomic E-state index is 0.679. The van der Waals surface area contributed by atoms with Crippen LogP contribution in [0.2, 0.25) is 0 Å². The van der Waals surface area contributed by atoms with Gasteiger partial charge < -0.3 is 0 Å². The van der Waals surface area contributed by atoms with Crippen molar-refractivity contribution in [1.29, 1.82) is 0 Å². The van der Waals surface area contributed by atoms with E-state index in [1.54, 1.807) is 11.1 Å². The van der Waals surface area contributed by atoms with Gasteiger partial charge in [0.05, 0.1) is 0 Å². The molecule has 0 spiro atoms. The van der Waals surface area contributed by atoms with Gasteiger partial charge in [-0.3, -0.25) is 0 Å². The van der Waals surface area contributed by atoms with Crippen molar-refractivity contribution in [3.05, 3.63) is 23.3 Å². The highest BCUT2D eigenvalue weighted by molar-refractivity contribution is 5.30. The fourth-order valence-corrected chi connectivity index (χ4v) is 1.99. The van der Waals surface area contributed by atoms with Gasteiger partial charge in [-0.1, -0.05) is 52.3 Å². The van der Waals surface area contributed by atoms with Crippen LogP contribution in [0, 0.1) is 17.8 Å². The Hall–Kier alpha value is -0.520. The Morgan fingerprint density at radius 1 is 1.29 bits per heavy atom. The lowest BCUT2D eigenvalue weighted by molar-refractivity contribution is 0.448. The van der Waals surface area contributed by atoms with Gasteiger partial charge in [0.2, 0.25) is 0 Å². The Labute approximate surface area is 89.1 Å². The van der Waals surface area contributed by atoms with E-state index >= 15 is 0 Å². The van der Waals surface area contributed by atoms with E-state index in [1.807, 2.05) is 0 Å². The summed E-state index contributed by atoms with van der Waals surface area (Å²) < 4.78 is 0. The molecule has 0 heterocycles. The molecule has 0 amide bonds. The summed E-state index contributed by atoms with van der Waals surface area (Å²) in [5.41, 5.74) is 3.18. The highest BCUT2D eigenvalue weighted by Crippen LogP contribution is 2.32. The Balaban J connectivity index is 2.85. The van der Waals surface area contributed by atoms with Crippen LogP contribution in [0.15, 0.2) is 23.3 Å². The van der Waals surface area contributed by atoms with E-state index in [4.69, 9.17) is 0 Å². The average Bonchev–Trinajstić information content (AvgIpc) is 2.16. The minimum absolute atomic E-state index is 0.679. The third-order valence-electron chi connectivity index (χ3n) is 3.25. The average molecular weight is 192 g/mol. The smallest absolute Gasteiger partial charge is 0.0167 e. The molecule has 0 aromatic carbocycles. The standard InChI is InChI=1S/C14H24/c1-6-12-7-13(10(2)3)9-14(8-12)11(4)5/h7,9-11,14H,6,8H2,1-5H3. The number of hydrogen-bond donors (Lipinski definition) is 0. The maximum absolute atomic E-state index is 2.49. The summed E-state index contributed by atoms with van der Waals surface area (Å²) in [4.78, 5) is 0. The lowest BCUT2D eigenvalue weighted by Gasteiger charge is -2.25. The Kier molecular flexibility index (Phi) is 3.97. The van der Waals surface area contributed by atoms with Crippen LogP contribution < -0.4 is 0 Å². The molecule has 80 valence electrons. The monoisotopic (exact) mass is 192 g/mol. The number of hydrogen-bond acceptors (Lipinski definition) is 0. The first-order valence-electron chi connectivity index (χ1n) is 5.95. The molecule has 0 bridgehead atoms. The summed E-state index contributed by atoms with van der Waals surface area (Å²) in [6, 6.07) is 0. The molecule has 1 atom stereocenters. The van der Waals surface area contributed by atoms with Gasteiger partial charge in [0, 0.05) is 0 Å². The van der Waals surface area contributed by atoms with Crippen LogP contribution in [0.5, 0.6) is 0 Å². The van der Waals surface area contributed by atoms with Crippen LogP contribution in [0.1, 0.15) is 47.5 Å². The third-order valence-corrected chi connectivity index (χ3v) is 3.25. The van der Waals surface area contributed by atoms with E-state index in [0.29, 0.717) is 5.92 Å². The van der Waals surface area contributed by atoms with Crippen LogP contribution >= 0.6 is 0 Å². The summed E-state index contributed by atoms with van der Waals surface area (Å²) in [7, 11) is 0. The van der Waals surface area contributed by atoms with E-state index in [9.17, 15) is 0 Å². The molecule has 0 radical (unpaired) electrons. The Morgan fingerprint density at radius 3 is 2.36 bits per heavy atom. The van der Waals surface area contributed by atoms with Crippen molar-refractivity contribution >= 4 is 0 Å². The van der Waals surface area contributed by atoms with Crippen molar-refractivity contribution in [2.24, 2.45) is 17.8 Å². The van der Waals surface area contributed by atoms with Crippen LogP contribution in [0.25, 0.3) is 0 Å². The molecule has 0 heteroatoms. The molecule has 0 saturated heterocycles. The summed E-state index contributed by atoms with van der Waals surface area (Å²) >= 11 is 0. The maximum Gasteiger partial charge on any atom is -0.0167 e. The van der Waals surface area contributed by atoms with Crippen molar-refractivity contribution in [1.82, 2.24) is 0 Å². The maximum atomic E-state index is 2.49. The van der Waals surface area contributed by atoms with Crippen LogP contribution in [-0.4, -0.2) is 0 Å². The highest BCUT2D eigenvalue weighted by Gasteiger charge is 2.18. The van der Waals surface area contributed by atoms with Crippen molar-refractivity contribution in [3.63, 3.8) is 0 Å². The van der Waals surface area contributed by atoms with Crippen molar-refractivity contribution in [2.45, 2.75) is 47.5 Å². The Bertz CT molecular complexity index is 241. The molecule has 0 aliphatic heterocycles. The van der Waals surface area contributed by atoms with Gasteiger partial charge in [-0.15, -0.1) is 0 Å². The summed E-state index contributed by atoms with van der Waals surface area (Å²) in [5.74, 6) is 2.23. The normalized spacial score (nSPS) is 22.6. The van der Waals surface area contributed by atoms with E-state index in [-0.39, 0.29) is 0 Å². The first kappa shape index (κ1) is 11.6. The number of allylic oxidation sites excluding steroid dienone is 4. The Morgan fingerprint density at radius 2 is 1.93 bits per heavy atom. The zero-order chi connectivity index (χ0) is 10.7. The molecule has 0 fully saturated rings. The van der Waals surface area contributed by atoms with Crippen LogP contribution in [0.3, 0.4) is 0 Å². The van der Waals surface area contributed by atoms with E-state index < -0.39 is 0 Å². The first-order chi connectivity index (χ1) is 6.54. The molecule has 1 unspecified atom stereocenters. The van der Waals surface area contributed by atoms with Gasteiger partial charge in [-0.25, -0.2) is 0 Å². The fraction of sp³-hybridized carbons (Fsp3) is 0.714. The summed E-state index contributed by atoms with van der Waals surface area (Å²) in [6.45, 7) is 11.5. The molecule has 14 heavy (non-hydrogen) atoms. The van der Waals surface area contributed by atoms with E-state index in [2.05, 4.69) is 46.8 Å². The van der Waals surface area contributed by atoms with Gasteiger partial charge in [0.1, 0.15) is 0 Å². The van der Waals surface area contributed by atoms with E-state index in [0.717, 1.165) is 11.8 Å². The van der Waals surface area contributed by atoms with Crippen molar-refractivity contribution < 1.29 is 0 Å². The molecule has 0 saturated carbocycles. The van der Waals surface area contributed by atoms with Gasteiger partial charge in [0.25, 0.3) is 0 Å². The summed E-state index contributed by atoms with van der Waals surface area (Å²) in [5, 5.41) is 0. The lowest BCUT2D eigenvalue weighted by atomic mass is 9.80. The second-order valence-corrected chi connectivity index (χ2v) is 5.09. The first-order valence-corrected chi connectivity index (χ1v) is 5.95. The molecule has 0 nitrogen and oxygen atoms in total. The van der Waals surface area contributed by atoms with Crippen molar-refractivity contribution in [2.75, 3.05) is 0 Å². The van der Waals surface area contributed by atoms with Crippen LogP contribution in [-0.2, 0) is 0 Å². The highest BCUT2D eigenvalue weighted by atomic mass is 14.2. The molecular weight excluding hydrogens is 168 g/mol. The molecule has 1 rings (SSSR count). The second kappa shape index (κ2) is 4.82. The minimum Gasteiger partial charge on any atom is -0.0774 e. The van der Waals surface area contributed by atoms with E-state index in [1.165, 1.54) is 12.8 Å². The van der Waals surface area contributed by atoms with Gasteiger partial charge in [0.15, 0.2) is 0 Å². The molecule has 1 aliphatic rings. The van der Waals surface area contributed by atoms with Gasteiger partial charge in [-0.05, 0) is 36.2 Å². The summed E-state index contributed by atoms with van der Waals surface area (Å²) in [6.07, 6.45) is 7.41. The zero-order valence-corrected chi connectivity index (χ0v) is 10.3. The predicted molar refractivity (Wildman–Crippen MR) is 64.2 cm³/mol.